The summed E-state index contributed by atoms with van der Waals surface area (Å²) in [6.07, 6.45) is 3.16. The predicted octanol–water partition coefficient (Wildman–Crippen LogP) is 3.08. The van der Waals surface area contributed by atoms with Crippen LogP contribution in [0.15, 0.2) is 48.5 Å². The van der Waals surface area contributed by atoms with Gasteiger partial charge in [0.2, 0.25) is 5.91 Å². The molecule has 0 fully saturated rings. The van der Waals surface area contributed by atoms with Gasteiger partial charge in [0.1, 0.15) is 11.9 Å². The van der Waals surface area contributed by atoms with Crippen LogP contribution in [-0.4, -0.2) is 46.4 Å². The van der Waals surface area contributed by atoms with Crippen molar-refractivity contribution in [1.29, 1.82) is 0 Å². The number of aromatic amines is 1. The summed E-state index contributed by atoms with van der Waals surface area (Å²) >= 11 is 1.65. The van der Waals surface area contributed by atoms with Crippen LogP contribution in [-0.2, 0) is 11.2 Å². The number of para-hydroxylation sites is 2. The average Bonchev–Trinajstić information content (AvgIpc) is 3.13. The van der Waals surface area contributed by atoms with Crippen LogP contribution in [0, 0.1) is 6.92 Å². The van der Waals surface area contributed by atoms with Crippen molar-refractivity contribution in [2.75, 3.05) is 18.6 Å². The van der Waals surface area contributed by atoms with Crippen molar-refractivity contribution < 1.29 is 9.59 Å². The number of benzene rings is 2. The molecule has 1 aromatic heterocycles. The Kier molecular flexibility index (Phi) is 7.30. The molecule has 0 saturated heterocycles. The molecule has 3 N–H and O–H groups in total. The van der Waals surface area contributed by atoms with E-state index in [2.05, 4.69) is 20.6 Å². The zero-order chi connectivity index (χ0) is 20.6. The first kappa shape index (κ1) is 20.9. The van der Waals surface area contributed by atoms with Gasteiger partial charge >= 0.3 is 0 Å². The minimum atomic E-state index is -0.564. The molecule has 2 amide bonds. The van der Waals surface area contributed by atoms with E-state index < -0.39 is 6.04 Å². The zero-order valence-corrected chi connectivity index (χ0v) is 17.5. The molecule has 1 atom stereocenters. The Labute approximate surface area is 174 Å². The van der Waals surface area contributed by atoms with Gasteiger partial charge in [-0.05, 0) is 49.6 Å². The van der Waals surface area contributed by atoms with Gasteiger partial charge in [0.05, 0.1) is 11.0 Å². The molecule has 152 valence electrons. The molecule has 0 aliphatic carbocycles. The molecule has 0 spiro atoms. The molecule has 29 heavy (non-hydrogen) atoms. The number of aryl methyl sites for hydroxylation is 1. The molecule has 0 bridgehead atoms. The van der Waals surface area contributed by atoms with E-state index in [0.29, 0.717) is 24.9 Å². The third kappa shape index (κ3) is 5.84. The summed E-state index contributed by atoms with van der Waals surface area (Å²) in [7, 11) is 0. The lowest BCUT2D eigenvalue weighted by Gasteiger charge is -2.18. The van der Waals surface area contributed by atoms with E-state index in [1.165, 1.54) is 0 Å². The fourth-order valence-corrected chi connectivity index (χ4v) is 3.56. The third-order valence-electron chi connectivity index (χ3n) is 4.61. The molecule has 1 heterocycles. The van der Waals surface area contributed by atoms with Crippen LogP contribution in [0.4, 0.5) is 0 Å². The summed E-state index contributed by atoms with van der Waals surface area (Å²) in [5.41, 5.74) is 3.47. The van der Waals surface area contributed by atoms with Crippen LogP contribution < -0.4 is 10.6 Å². The summed E-state index contributed by atoms with van der Waals surface area (Å²) < 4.78 is 0. The molecular formula is C22H26N4O2S. The van der Waals surface area contributed by atoms with Crippen molar-refractivity contribution in [2.45, 2.75) is 25.8 Å². The summed E-state index contributed by atoms with van der Waals surface area (Å²) in [5, 5.41) is 5.81. The van der Waals surface area contributed by atoms with E-state index in [-0.39, 0.29) is 11.8 Å². The van der Waals surface area contributed by atoms with Crippen LogP contribution >= 0.6 is 11.8 Å². The molecule has 7 heteroatoms. The highest BCUT2D eigenvalue weighted by Crippen LogP contribution is 2.10. The van der Waals surface area contributed by atoms with Gasteiger partial charge in [-0.3, -0.25) is 9.59 Å². The molecule has 1 unspecified atom stereocenters. The van der Waals surface area contributed by atoms with Crippen LogP contribution in [0.2, 0.25) is 0 Å². The van der Waals surface area contributed by atoms with E-state index in [1.54, 1.807) is 17.8 Å². The number of amides is 2. The minimum Gasteiger partial charge on any atom is -0.354 e. The Hall–Kier alpha value is -2.80. The number of hydrogen-bond donors (Lipinski definition) is 3. The van der Waals surface area contributed by atoms with Gasteiger partial charge in [0, 0.05) is 18.5 Å². The summed E-state index contributed by atoms with van der Waals surface area (Å²) in [4.78, 5) is 33.0. The summed E-state index contributed by atoms with van der Waals surface area (Å²) in [6, 6.07) is 14.6. The first-order valence-corrected chi connectivity index (χ1v) is 11.0. The van der Waals surface area contributed by atoms with Gasteiger partial charge in [0.25, 0.3) is 5.91 Å². The molecule has 0 aliphatic heterocycles. The van der Waals surface area contributed by atoms with E-state index in [4.69, 9.17) is 0 Å². The molecular weight excluding hydrogens is 384 g/mol. The first-order valence-electron chi connectivity index (χ1n) is 9.64. The molecule has 0 saturated carbocycles. The van der Waals surface area contributed by atoms with Crippen LogP contribution in [0.3, 0.4) is 0 Å². The number of thioether (sulfide) groups is 1. The number of carbonyl (C=O) groups excluding carboxylic acids is 2. The second kappa shape index (κ2) is 10.1. The topological polar surface area (TPSA) is 86.9 Å². The fraction of sp³-hybridized carbons (Fsp3) is 0.318. The third-order valence-corrected chi connectivity index (χ3v) is 5.26. The summed E-state index contributed by atoms with van der Waals surface area (Å²) in [5.74, 6) is 1.22. The van der Waals surface area contributed by atoms with Gasteiger partial charge in [-0.15, -0.1) is 0 Å². The lowest BCUT2D eigenvalue weighted by molar-refractivity contribution is -0.122. The first-order chi connectivity index (χ1) is 14.1. The SMILES string of the molecule is CSCCC(NC(=O)c1cccc(C)c1)C(=O)NCCc1nc2ccccc2[nH]1. The van der Waals surface area contributed by atoms with Crippen molar-refractivity contribution in [3.05, 3.63) is 65.5 Å². The number of imidazole rings is 1. The van der Waals surface area contributed by atoms with Gasteiger partial charge in [-0.2, -0.15) is 11.8 Å². The Morgan fingerprint density at radius 1 is 1.17 bits per heavy atom. The number of nitrogens with one attached hydrogen (secondary N) is 3. The van der Waals surface area contributed by atoms with E-state index >= 15 is 0 Å². The lowest BCUT2D eigenvalue weighted by Crippen LogP contribution is -2.47. The number of hydrogen-bond acceptors (Lipinski definition) is 4. The van der Waals surface area contributed by atoms with E-state index in [0.717, 1.165) is 28.2 Å². The largest absolute Gasteiger partial charge is 0.354 e. The number of rotatable bonds is 9. The maximum Gasteiger partial charge on any atom is 0.251 e. The van der Waals surface area contributed by atoms with Crippen molar-refractivity contribution in [1.82, 2.24) is 20.6 Å². The van der Waals surface area contributed by atoms with Crippen molar-refractivity contribution in [3.63, 3.8) is 0 Å². The van der Waals surface area contributed by atoms with Gasteiger partial charge < -0.3 is 15.6 Å². The zero-order valence-electron chi connectivity index (χ0n) is 16.7. The van der Waals surface area contributed by atoms with Crippen molar-refractivity contribution in [3.8, 4) is 0 Å². The van der Waals surface area contributed by atoms with E-state index in [9.17, 15) is 9.59 Å². The van der Waals surface area contributed by atoms with E-state index in [1.807, 2.05) is 55.6 Å². The second-order valence-electron chi connectivity index (χ2n) is 6.92. The number of nitrogens with zero attached hydrogens (tertiary/aromatic N) is 1. The van der Waals surface area contributed by atoms with Crippen LogP contribution in [0.1, 0.15) is 28.2 Å². The highest BCUT2D eigenvalue weighted by Gasteiger charge is 2.21. The lowest BCUT2D eigenvalue weighted by atomic mass is 10.1. The number of carbonyl (C=O) groups is 2. The average molecular weight is 411 g/mol. The highest BCUT2D eigenvalue weighted by molar-refractivity contribution is 7.98. The minimum absolute atomic E-state index is 0.170. The Balaban J connectivity index is 1.57. The molecule has 3 rings (SSSR count). The molecule has 2 aromatic carbocycles. The van der Waals surface area contributed by atoms with Gasteiger partial charge in [-0.25, -0.2) is 4.98 Å². The number of fused-ring (bicyclic) bond motifs is 1. The summed E-state index contributed by atoms with van der Waals surface area (Å²) in [6.45, 7) is 2.39. The quantitative estimate of drug-likeness (QED) is 0.506. The Bertz CT molecular complexity index is 953. The van der Waals surface area contributed by atoms with Crippen molar-refractivity contribution >= 4 is 34.6 Å². The van der Waals surface area contributed by atoms with Crippen LogP contribution in [0.5, 0.6) is 0 Å². The Morgan fingerprint density at radius 2 is 2.00 bits per heavy atom. The predicted molar refractivity (Wildman–Crippen MR) is 118 cm³/mol. The highest BCUT2D eigenvalue weighted by atomic mass is 32.2. The monoisotopic (exact) mass is 410 g/mol. The van der Waals surface area contributed by atoms with Gasteiger partial charge in [-0.1, -0.05) is 29.8 Å². The van der Waals surface area contributed by atoms with Gasteiger partial charge in [0.15, 0.2) is 0 Å². The molecule has 0 radical (unpaired) electrons. The smallest absolute Gasteiger partial charge is 0.251 e. The maximum atomic E-state index is 12.7. The van der Waals surface area contributed by atoms with Crippen LogP contribution in [0.25, 0.3) is 11.0 Å². The molecule has 0 aliphatic rings. The standard InChI is InChI=1S/C22H26N4O2S/c1-15-6-5-7-16(14-15)21(27)26-19(11-13-29-2)22(28)23-12-10-20-24-17-8-3-4-9-18(17)25-20/h3-9,14,19H,10-13H2,1-2H3,(H,23,28)(H,24,25)(H,26,27). The Morgan fingerprint density at radius 3 is 2.76 bits per heavy atom. The second-order valence-corrected chi connectivity index (χ2v) is 7.90. The number of H-pyrrole nitrogens is 1. The fourth-order valence-electron chi connectivity index (χ4n) is 3.08. The number of aromatic nitrogens is 2. The molecule has 3 aromatic rings. The van der Waals surface area contributed by atoms with Crippen molar-refractivity contribution in [2.24, 2.45) is 0 Å². The normalized spacial score (nSPS) is 11.9. The molecule has 6 nitrogen and oxygen atoms in total. The maximum absolute atomic E-state index is 12.7.